The number of anilines is 2. The molecule has 0 spiro atoms. The molecule has 1 aliphatic heterocycles. The lowest BCUT2D eigenvalue weighted by Crippen LogP contribution is -2.34. The molecule has 0 saturated heterocycles. The van der Waals surface area contributed by atoms with Crippen LogP contribution in [0.15, 0.2) is 52.5 Å². The van der Waals surface area contributed by atoms with Crippen molar-refractivity contribution in [2.24, 2.45) is 5.16 Å². The number of cyclic esters (lactones) is 1. The van der Waals surface area contributed by atoms with Gasteiger partial charge in [0, 0.05) is 24.4 Å². The Bertz CT molecular complexity index is 960. The number of ether oxygens (including phenoxy) is 2. The van der Waals surface area contributed by atoms with E-state index in [9.17, 15) is 9.59 Å². The van der Waals surface area contributed by atoms with Crippen LogP contribution in [0.5, 0.6) is 5.75 Å². The van der Waals surface area contributed by atoms with Crippen molar-refractivity contribution in [1.29, 1.82) is 0 Å². The molecule has 0 bridgehead atoms. The van der Waals surface area contributed by atoms with Crippen LogP contribution in [-0.2, 0) is 19.4 Å². The first-order valence-electron chi connectivity index (χ1n) is 9.84. The van der Waals surface area contributed by atoms with Crippen LogP contribution in [0.1, 0.15) is 39.2 Å². The van der Waals surface area contributed by atoms with Crippen molar-refractivity contribution >= 4 is 41.6 Å². The van der Waals surface area contributed by atoms with Crippen molar-refractivity contribution in [2.75, 3.05) is 17.2 Å². The van der Waals surface area contributed by atoms with Crippen LogP contribution in [0, 0.1) is 0 Å². The van der Waals surface area contributed by atoms with E-state index in [2.05, 4.69) is 15.8 Å². The zero-order valence-corrected chi connectivity index (χ0v) is 18.5. The van der Waals surface area contributed by atoms with E-state index in [1.165, 1.54) is 6.92 Å². The summed E-state index contributed by atoms with van der Waals surface area (Å²) in [6.07, 6.45) is 2.73. The summed E-state index contributed by atoms with van der Waals surface area (Å²) >= 11 is 1.14. The minimum absolute atomic E-state index is 0.108. The normalized spacial score (nSPS) is 14.4. The second-order valence-corrected chi connectivity index (χ2v) is 8.16. The number of carbonyl (C=O) groups excluding carboxylic acids is 2. The topological polar surface area (TPSA) is 98.2 Å². The number of nitrogens with zero attached hydrogens (tertiary/aromatic N) is 1. The SMILES string of the molecule is CC(=O)Nc1ccc(SON=CCCCOc2ccc3c(c2)C(C)(C)OC(=O)N3)cc1. The number of fused-ring (bicyclic) bond motifs is 1. The van der Waals surface area contributed by atoms with Gasteiger partial charge in [-0.3, -0.25) is 10.1 Å². The number of rotatable bonds is 9. The predicted molar refractivity (Wildman–Crippen MR) is 120 cm³/mol. The van der Waals surface area contributed by atoms with E-state index < -0.39 is 11.7 Å². The van der Waals surface area contributed by atoms with E-state index in [4.69, 9.17) is 13.8 Å². The van der Waals surface area contributed by atoms with Crippen LogP contribution in [-0.4, -0.2) is 24.8 Å². The third kappa shape index (κ3) is 6.65. The van der Waals surface area contributed by atoms with Crippen LogP contribution in [0.25, 0.3) is 0 Å². The Balaban J connectivity index is 1.36. The Morgan fingerprint density at radius 2 is 2.03 bits per heavy atom. The van der Waals surface area contributed by atoms with Crippen LogP contribution in [0.2, 0.25) is 0 Å². The summed E-state index contributed by atoms with van der Waals surface area (Å²) in [7, 11) is 0. The monoisotopic (exact) mass is 443 g/mol. The molecule has 0 aliphatic carbocycles. The average molecular weight is 444 g/mol. The third-order valence-corrected chi connectivity index (χ3v) is 5.02. The van der Waals surface area contributed by atoms with Gasteiger partial charge in [0.25, 0.3) is 0 Å². The number of amides is 2. The molecule has 0 saturated carbocycles. The molecule has 2 amide bonds. The lowest BCUT2D eigenvalue weighted by atomic mass is 9.94. The highest BCUT2D eigenvalue weighted by molar-refractivity contribution is 7.94. The number of hydrogen-bond acceptors (Lipinski definition) is 7. The number of benzene rings is 2. The Kier molecular flexibility index (Phi) is 7.41. The van der Waals surface area contributed by atoms with Gasteiger partial charge >= 0.3 is 6.09 Å². The van der Waals surface area contributed by atoms with Crippen molar-refractivity contribution in [3.8, 4) is 5.75 Å². The van der Waals surface area contributed by atoms with Crippen molar-refractivity contribution in [3.05, 3.63) is 48.0 Å². The molecule has 9 heteroatoms. The molecule has 31 heavy (non-hydrogen) atoms. The van der Waals surface area contributed by atoms with Gasteiger partial charge in [0.05, 0.1) is 17.2 Å². The zero-order chi connectivity index (χ0) is 22.3. The van der Waals surface area contributed by atoms with Crippen molar-refractivity contribution in [3.63, 3.8) is 0 Å². The minimum atomic E-state index is -0.705. The standard InChI is InChI=1S/C22H25N3O5S/c1-15(26)24-16-6-9-18(10-7-16)31-30-23-12-4-5-13-28-17-8-11-20-19(14-17)22(2,3)29-21(27)25-20/h6-12,14H,4-5,13H2,1-3H3,(H,24,26)(H,25,27). The van der Waals surface area contributed by atoms with Crippen LogP contribution in [0.3, 0.4) is 0 Å². The second kappa shape index (κ2) is 10.2. The molecule has 8 nitrogen and oxygen atoms in total. The molecule has 2 aromatic rings. The molecule has 3 rings (SSSR count). The minimum Gasteiger partial charge on any atom is -0.494 e. The summed E-state index contributed by atoms with van der Waals surface area (Å²) in [4.78, 5) is 23.5. The van der Waals surface area contributed by atoms with E-state index in [0.717, 1.165) is 46.0 Å². The summed E-state index contributed by atoms with van der Waals surface area (Å²) in [5.41, 5.74) is 1.64. The second-order valence-electron chi connectivity index (χ2n) is 7.37. The molecule has 0 fully saturated rings. The number of oxime groups is 1. The summed E-state index contributed by atoms with van der Waals surface area (Å²) in [6.45, 7) is 5.69. The number of unbranched alkanes of at least 4 members (excludes halogenated alkanes) is 1. The predicted octanol–water partition coefficient (Wildman–Crippen LogP) is 5.31. The maximum absolute atomic E-state index is 11.6. The summed E-state index contributed by atoms with van der Waals surface area (Å²) < 4.78 is 16.3. The average Bonchev–Trinajstić information content (AvgIpc) is 2.70. The van der Waals surface area contributed by atoms with Gasteiger partial charge in [-0.15, -0.1) is 0 Å². The van der Waals surface area contributed by atoms with E-state index in [1.54, 1.807) is 18.3 Å². The number of hydrogen-bond donors (Lipinski definition) is 2. The van der Waals surface area contributed by atoms with Crippen molar-refractivity contribution < 1.29 is 23.3 Å². The Morgan fingerprint density at radius 1 is 1.26 bits per heavy atom. The maximum atomic E-state index is 11.6. The maximum Gasteiger partial charge on any atom is 0.412 e. The lowest BCUT2D eigenvalue weighted by molar-refractivity contribution is -0.114. The fourth-order valence-electron chi connectivity index (χ4n) is 2.95. The van der Waals surface area contributed by atoms with E-state index in [-0.39, 0.29) is 5.91 Å². The highest BCUT2D eigenvalue weighted by Crippen LogP contribution is 2.37. The Hall–Kier alpha value is -3.20. The third-order valence-electron chi connectivity index (χ3n) is 4.40. The highest BCUT2D eigenvalue weighted by atomic mass is 32.2. The Morgan fingerprint density at radius 3 is 2.77 bits per heavy atom. The van der Waals surface area contributed by atoms with Gasteiger partial charge in [-0.25, -0.2) is 4.79 Å². The molecule has 0 radical (unpaired) electrons. The molecule has 2 N–H and O–H groups in total. The van der Waals surface area contributed by atoms with Crippen molar-refractivity contribution in [2.45, 2.75) is 44.1 Å². The molecule has 164 valence electrons. The largest absolute Gasteiger partial charge is 0.494 e. The van der Waals surface area contributed by atoms with Crippen LogP contribution < -0.4 is 15.4 Å². The van der Waals surface area contributed by atoms with Gasteiger partial charge in [-0.05, 0) is 69.2 Å². The zero-order valence-electron chi connectivity index (χ0n) is 17.6. The van der Waals surface area contributed by atoms with E-state index in [0.29, 0.717) is 13.0 Å². The molecule has 0 atom stereocenters. The first-order valence-corrected chi connectivity index (χ1v) is 10.6. The van der Waals surface area contributed by atoms with Crippen molar-refractivity contribution in [1.82, 2.24) is 0 Å². The molecule has 1 heterocycles. The quantitative estimate of drug-likeness (QED) is 0.236. The lowest BCUT2D eigenvalue weighted by Gasteiger charge is -2.32. The van der Waals surface area contributed by atoms with E-state index in [1.807, 2.05) is 44.2 Å². The van der Waals surface area contributed by atoms with E-state index >= 15 is 0 Å². The summed E-state index contributed by atoms with van der Waals surface area (Å²) in [5.74, 6) is 0.612. The van der Waals surface area contributed by atoms with Gasteiger partial charge in [0.15, 0.2) is 0 Å². The fraction of sp³-hybridized carbons (Fsp3) is 0.318. The highest BCUT2D eigenvalue weighted by Gasteiger charge is 2.33. The Labute approximate surface area is 185 Å². The fourth-order valence-corrected chi connectivity index (χ4v) is 3.39. The van der Waals surface area contributed by atoms with Gasteiger partial charge in [0.1, 0.15) is 23.4 Å². The molecule has 2 aromatic carbocycles. The molecular formula is C22H25N3O5S. The molecular weight excluding hydrogens is 418 g/mol. The number of carbonyl (C=O) groups is 2. The van der Waals surface area contributed by atoms with Gasteiger partial charge in [-0.2, -0.15) is 0 Å². The van der Waals surface area contributed by atoms with Gasteiger partial charge < -0.3 is 19.1 Å². The molecule has 1 aliphatic rings. The first kappa shape index (κ1) is 22.5. The van der Waals surface area contributed by atoms with Gasteiger partial charge in [-0.1, -0.05) is 5.16 Å². The molecule has 0 aromatic heterocycles. The van der Waals surface area contributed by atoms with Crippen LogP contribution >= 0.6 is 12.0 Å². The summed E-state index contributed by atoms with van der Waals surface area (Å²) in [6, 6.07) is 12.8. The van der Waals surface area contributed by atoms with Gasteiger partial charge in [0.2, 0.25) is 5.91 Å². The first-order chi connectivity index (χ1) is 14.8. The smallest absolute Gasteiger partial charge is 0.412 e. The number of nitrogens with one attached hydrogen (secondary N) is 2. The van der Waals surface area contributed by atoms with Crippen LogP contribution in [0.4, 0.5) is 16.2 Å². The summed E-state index contributed by atoms with van der Waals surface area (Å²) in [5, 5.41) is 9.32. The molecule has 0 unspecified atom stereocenters.